The average molecular weight is 1040 g/mol. The third kappa shape index (κ3) is 7.24. The first-order valence-corrected chi connectivity index (χ1v) is 27.9. The van der Waals surface area contributed by atoms with Gasteiger partial charge in [-0.05, 0) is 155 Å². The number of hydrogen-bond acceptors (Lipinski definition) is 6. The van der Waals surface area contributed by atoms with Crippen molar-refractivity contribution in [2.45, 2.75) is 80.1 Å². The Kier molecular flexibility index (Phi) is 10.3. The summed E-state index contributed by atoms with van der Waals surface area (Å²) in [6.45, 7) is 22.3. The summed E-state index contributed by atoms with van der Waals surface area (Å²) in [6.07, 6.45) is 0. The second-order valence-corrected chi connectivity index (χ2v) is 24.3. The molecule has 6 heteroatoms. The summed E-state index contributed by atoms with van der Waals surface area (Å²) in [4.78, 5) is 4.76. The van der Waals surface area contributed by atoms with E-state index >= 15 is 0 Å². The average Bonchev–Trinajstić information content (AvgIpc) is 4.23. The van der Waals surface area contributed by atoms with Gasteiger partial charge in [0.25, 0.3) is 0 Å². The molecule has 390 valence electrons. The van der Waals surface area contributed by atoms with Crippen LogP contribution in [-0.4, -0.2) is 0 Å². The molecule has 0 saturated carbocycles. The van der Waals surface area contributed by atoms with Crippen LogP contribution in [0.3, 0.4) is 0 Å². The molecule has 0 atom stereocenters. The van der Waals surface area contributed by atoms with Crippen LogP contribution in [0.1, 0.15) is 74.9 Å². The van der Waals surface area contributed by atoms with Gasteiger partial charge in [0.2, 0.25) is 0 Å². The minimum absolute atomic E-state index is 0.0867. The summed E-state index contributed by atoms with van der Waals surface area (Å²) in [6, 6.07) is 65.9. The zero-order valence-electron chi connectivity index (χ0n) is 46.8. The maximum atomic E-state index is 7.01. The van der Waals surface area contributed by atoms with Gasteiger partial charge in [-0.1, -0.05) is 151 Å². The lowest BCUT2D eigenvalue weighted by Gasteiger charge is -2.29. The van der Waals surface area contributed by atoms with Gasteiger partial charge in [-0.3, -0.25) is 0 Å². The molecule has 6 nitrogen and oxygen atoms in total. The summed E-state index contributed by atoms with van der Waals surface area (Å²) in [7, 11) is 0. The number of benzene rings is 11. The molecule has 0 radical (unpaired) electrons. The largest absolute Gasteiger partial charge is 0.456 e. The van der Waals surface area contributed by atoms with Crippen molar-refractivity contribution < 1.29 is 17.7 Å². The third-order valence-corrected chi connectivity index (χ3v) is 16.9. The van der Waals surface area contributed by atoms with Gasteiger partial charge in [0.1, 0.15) is 33.5 Å². The van der Waals surface area contributed by atoms with Gasteiger partial charge in [-0.2, -0.15) is 0 Å². The van der Waals surface area contributed by atoms with Gasteiger partial charge in [0.05, 0.1) is 22.7 Å². The summed E-state index contributed by atoms with van der Waals surface area (Å²) in [5, 5.41) is 13.0. The molecule has 11 aromatic carbocycles. The predicted octanol–water partition coefficient (Wildman–Crippen LogP) is 22.4. The number of anilines is 6. The molecule has 0 bridgehead atoms. The molecule has 15 rings (SSSR count). The highest BCUT2D eigenvalue weighted by Crippen LogP contribution is 2.50. The van der Waals surface area contributed by atoms with Crippen molar-refractivity contribution in [2.24, 2.45) is 0 Å². The topological polar surface area (TPSA) is 59.0 Å². The molecule has 0 aliphatic heterocycles. The molecule has 0 amide bonds. The third-order valence-electron chi connectivity index (χ3n) is 16.9. The highest BCUT2D eigenvalue weighted by atomic mass is 16.3. The van der Waals surface area contributed by atoms with Gasteiger partial charge in [0, 0.05) is 65.6 Å². The Morgan fingerprint density at radius 1 is 0.287 bits per heavy atom. The van der Waals surface area contributed by atoms with Crippen molar-refractivity contribution in [2.75, 3.05) is 9.80 Å². The fourth-order valence-corrected chi connectivity index (χ4v) is 13.0. The molecular formula is C74H60N2O4. The fraction of sp³-hybridized carbons (Fsp3) is 0.162. The van der Waals surface area contributed by atoms with E-state index in [1.807, 2.05) is 0 Å². The summed E-state index contributed by atoms with van der Waals surface area (Å²) in [5.41, 5.74) is 20.2. The lowest BCUT2D eigenvalue weighted by Crippen LogP contribution is -2.13. The number of aryl methyl sites for hydroxylation is 4. The molecule has 4 aromatic heterocycles. The highest BCUT2D eigenvalue weighted by Gasteiger charge is 2.28. The van der Waals surface area contributed by atoms with E-state index in [1.54, 1.807) is 0 Å². The lowest BCUT2D eigenvalue weighted by molar-refractivity contribution is 0.572. The number of para-hydroxylation sites is 6. The first-order valence-electron chi connectivity index (χ1n) is 27.9. The monoisotopic (exact) mass is 1040 g/mol. The highest BCUT2D eigenvalue weighted by molar-refractivity contribution is 6.19. The number of fused-ring (bicyclic) bond motifs is 14. The Bertz CT molecular complexity index is 4740. The van der Waals surface area contributed by atoms with Crippen LogP contribution in [0.15, 0.2) is 200 Å². The van der Waals surface area contributed by atoms with Gasteiger partial charge >= 0.3 is 0 Å². The van der Waals surface area contributed by atoms with E-state index in [1.165, 1.54) is 33.4 Å². The van der Waals surface area contributed by atoms with Crippen LogP contribution in [0.4, 0.5) is 34.1 Å². The summed E-state index contributed by atoms with van der Waals surface area (Å²) < 4.78 is 27.7. The Balaban J connectivity index is 0.843. The van der Waals surface area contributed by atoms with E-state index in [-0.39, 0.29) is 10.8 Å². The molecule has 0 unspecified atom stereocenters. The van der Waals surface area contributed by atoms with E-state index in [4.69, 9.17) is 17.7 Å². The van der Waals surface area contributed by atoms with Gasteiger partial charge in [0.15, 0.2) is 11.2 Å². The summed E-state index contributed by atoms with van der Waals surface area (Å²) in [5.74, 6) is 0. The van der Waals surface area contributed by atoms with Crippen molar-refractivity contribution in [3.63, 3.8) is 0 Å². The second-order valence-electron chi connectivity index (χ2n) is 24.3. The summed E-state index contributed by atoms with van der Waals surface area (Å²) >= 11 is 0. The minimum Gasteiger partial charge on any atom is -0.456 e. The molecule has 0 saturated heterocycles. The number of rotatable bonds is 6. The lowest BCUT2D eigenvalue weighted by atomic mass is 9.86. The predicted molar refractivity (Wildman–Crippen MR) is 336 cm³/mol. The maximum absolute atomic E-state index is 7.01. The zero-order valence-corrected chi connectivity index (χ0v) is 46.8. The van der Waals surface area contributed by atoms with Crippen LogP contribution in [0, 0.1) is 27.7 Å². The van der Waals surface area contributed by atoms with Crippen LogP contribution in [0.2, 0.25) is 0 Å². The minimum atomic E-state index is -0.0867. The van der Waals surface area contributed by atoms with Crippen LogP contribution >= 0.6 is 0 Å². The fourth-order valence-electron chi connectivity index (χ4n) is 13.0. The van der Waals surface area contributed by atoms with Gasteiger partial charge < -0.3 is 27.5 Å². The second kappa shape index (κ2) is 17.1. The van der Waals surface area contributed by atoms with Crippen LogP contribution in [0.5, 0.6) is 0 Å². The standard InChI is InChI=1S/C74H60N2O4/c1-41-17-11-18-42(2)67(41)75(61-27-15-23-53-51-21-13-25-59(73(5,6)7)69(51)79-71(53)61)49-31-29-45-35-55-57-39-66-58(40-65(57)77-63(55)37-47(45)33-49)56-36-46-30-32-50(34-48(46)38-64(56)78-66)76(68-43(3)19-12-20-44(68)4)62-28-16-24-54-52-22-14-26-60(74(8,9)10)70(52)80-72(54)62/h11-40H,1-10H3. The number of hydrogen-bond donors (Lipinski definition) is 0. The number of nitrogens with zero attached hydrogens (tertiary/aromatic N) is 2. The van der Waals surface area contributed by atoms with Crippen molar-refractivity contribution in [1.82, 2.24) is 0 Å². The molecular weight excluding hydrogens is 981 g/mol. The van der Waals surface area contributed by atoms with Crippen LogP contribution < -0.4 is 9.80 Å². The molecule has 4 heterocycles. The SMILES string of the molecule is Cc1cccc(C)c1N(c1ccc2cc3c(cc2c1)oc1cc2c(cc13)oc1cc3cc(N(c4c(C)cccc4C)c4cccc5c4oc4c(C(C)(C)C)cccc45)ccc3cc12)c1cccc2c1oc1c(C(C)(C)C)cccc12. The zero-order chi connectivity index (χ0) is 54.7. The molecule has 0 aliphatic rings. The van der Waals surface area contributed by atoms with E-state index < -0.39 is 0 Å². The Morgan fingerprint density at radius 3 is 1.01 bits per heavy atom. The molecule has 0 N–H and O–H groups in total. The van der Waals surface area contributed by atoms with Crippen LogP contribution in [-0.2, 0) is 10.8 Å². The first-order chi connectivity index (χ1) is 38.6. The quantitative estimate of drug-likeness (QED) is 0.165. The maximum Gasteiger partial charge on any atom is 0.159 e. The molecule has 0 spiro atoms. The van der Waals surface area contributed by atoms with E-state index in [2.05, 4.69) is 261 Å². The van der Waals surface area contributed by atoms with E-state index in [9.17, 15) is 0 Å². The van der Waals surface area contributed by atoms with Crippen molar-refractivity contribution in [3.05, 3.63) is 215 Å². The van der Waals surface area contributed by atoms with Crippen molar-refractivity contribution >= 4 is 143 Å². The number of furan rings is 4. The molecule has 15 aromatic rings. The molecule has 0 fully saturated rings. The Morgan fingerprint density at radius 2 is 0.625 bits per heavy atom. The normalized spacial score (nSPS) is 12.6. The van der Waals surface area contributed by atoms with Gasteiger partial charge in [-0.15, -0.1) is 0 Å². The van der Waals surface area contributed by atoms with E-state index in [0.717, 1.165) is 143 Å². The van der Waals surface area contributed by atoms with Crippen LogP contribution in [0.25, 0.3) is 109 Å². The Labute approximate surface area is 464 Å². The van der Waals surface area contributed by atoms with Crippen molar-refractivity contribution in [3.8, 4) is 0 Å². The van der Waals surface area contributed by atoms with E-state index in [0.29, 0.717) is 0 Å². The molecule has 0 aliphatic carbocycles. The van der Waals surface area contributed by atoms with Gasteiger partial charge in [-0.25, -0.2) is 0 Å². The Hall–Kier alpha value is -9.26. The van der Waals surface area contributed by atoms with Crippen molar-refractivity contribution in [1.29, 1.82) is 0 Å². The molecule has 80 heavy (non-hydrogen) atoms. The first kappa shape index (κ1) is 47.9. The smallest absolute Gasteiger partial charge is 0.159 e.